The summed E-state index contributed by atoms with van der Waals surface area (Å²) in [6.45, 7) is 3.51. The van der Waals surface area contributed by atoms with Crippen molar-refractivity contribution < 1.29 is 14.7 Å². The van der Waals surface area contributed by atoms with Gasteiger partial charge in [-0.1, -0.05) is 6.92 Å². The van der Waals surface area contributed by atoms with Crippen LogP contribution in [0.3, 0.4) is 0 Å². The van der Waals surface area contributed by atoms with Crippen molar-refractivity contribution >= 4 is 24.5 Å². The Kier molecular flexibility index (Phi) is 6.08. The van der Waals surface area contributed by atoms with Crippen LogP contribution in [0.4, 0.5) is 9.59 Å². The highest BCUT2D eigenvalue weighted by Crippen LogP contribution is 2.11. The van der Waals surface area contributed by atoms with Gasteiger partial charge in [-0.15, -0.1) is 12.4 Å². The Balaban J connectivity index is 0.00000196. The van der Waals surface area contributed by atoms with Crippen LogP contribution in [0.15, 0.2) is 0 Å². The molecule has 1 heterocycles. The van der Waals surface area contributed by atoms with Crippen LogP contribution in [-0.4, -0.2) is 46.7 Å². The van der Waals surface area contributed by atoms with Crippen molar-refractivity contribution in [1.29, 1.82) is 0 Å². The lowest BCUT2D eigenvalue weighted by atomic mass is 10.4. The average Bonchev–Trinajstić information content (AvgIpc) is 2.65. The predicted octanol–water partition coefficient (Wildman–Crippen LogP) is 2.01. The molecule has 1 fully saturated rings. The van der Waals surface area contributed by atoms with E-state index in [9.17, 15) is 9.59 Å². The van der Waals surface area contributed by atoms with Crippen LogP contribution in [0.2, 0.25) is 0 Å². The Labute approximate surface area is 95.4 Å². The zero-order chi connectivity index (χ0) is 10.6. The van der Waals surface area contributed by atoms with E-state index in [1.165, 1.54) is 0 Å². The third-order valence-electron chi connectivity index (χ3n) is 2.29. The summed E-state index contributed by atoms with van der Waals surface area (Å²) in [5, 5.41) is 8.81. The van der Waals surface area contributed by atoms with Gasteiger partial charge in [0.2, 0.25) is 0 Å². The van der Waals surface area contributed by atoms with Crippen LogP contribution < -0.4 is 0 Å². The molecule has 6 heteroatoms. The minimum absolute atomic E-state index is 0. The number of likely N-dealkylation sites (tertiary alicyclic amines) is 1. The Morgan fingerprint density at radius 2 is 1.87 bits per heavy atom. The van der Waals surface area contributed by atoms with E-state index >= 15 is 0 Å². The molecule has 88 valence electrons. The van der Waals surface area contributed by atoms with Crippen molar-refractivity contribution in [3.63, 3.8) is 0 Å². The van der Waals surface area contributed by atoms with Crippen LogP contribution >= 0.6 is 12.4 Å². The molecule has 0 unspecified atom stereocenters. The number of carbonyl (C=O) groups excluding carboxylic acids is 1. The molecule has 5 nitrogen and oxygen atoms in total. The largest absolute Gasteiger partial charge is 0.465 e. The summed E-state index contributed by atoms with van der Waals surface area (Å²) in [6, 6.07) is -0.364. The second-order valence-corrected chi connectivity index (χ2v) is 3.41. The Morgan fingerprint density at radius 3 is 2.27 bits per heavy atom. The fraction of sp³-hybridized carbons (Fsp3) is 0.778. The van der Waals surface area contributed by atoms with E-state index in [1.807, 2.05) is 6.92 Å². The Morgan fingerprint density at radius 1 is 1.33 bits per heavy atom. The van der Waals surface area contributed by atoms with Gasteiger partial charge >= 0.3 is 12.1 Å². The maximum atomic E-state index is 11.6. The summed E-state index contributed by atoms with van der Waals surface area (Å²) in [4.78, 5) is 24.9. The van der Waals surface area contributed by atoms with E-state index in [1.54, 1.807) is 4.90 Å². The van der Waals surface area contributed by atoms with Gasteiger partial charge in [0.15, 0.2) is 0 Å². The molecule has 1 aliphatic heterocycles. The molecule has 0 saturated carbocycles. The number of carboxylic acid groups (broad SMARTS) is 1. The molecule has 1 N–H and O–H groups in total. The van der Waals surface area contributed by atoms with E-state index in [2.05, 4.69) is 0 Å². The summed E-state index contributed by atoms with van der Waals surface area (Å²) in [5.74, 6) is 0. The molecule has 1 saturated heterocycles. The molecular weight excluding hydrogens is 220 g/mol. The number of imide groups is 1. The Bertz CT molecular complexity index is 229. The van der Waals surface area contributed by atoms with Crippen molar-refractivity contribution in [3.05, 3.63) is 0 Å². The lowest BCUT2D eigenvalue weighted by Gasteiger charge is -2.23. The molecule has 1 rings (SSSR count). The molecule has 15 heavy (non-hydrogen) atoms. The van der Waals surface area contributed by atoms with Crippen LogP contribution in [0, 0.1) is 0 Å². The van der Waals surface area contributed by atoms with Gasteiger partial charge in [0.05, 0.1) is 0 Å². The summed E-state index contributed by atoms with van der Waals surface area (Å²) < 4.78 is 0. The number of hydrogen-bond donors (Lipinski definition) is 1. The van der Waals surface area contributed by atoms with Crippen molar-refractivity contribution in [1.82, 2.24) is 9.80 Å². The fourth-order valence-corrected chi connectivity index (χ4v) is 1.58. The molecule has 0 bridgehead atoms. The van der Waals surface area contributed by atoms with Gasteiger partial charge in [-0.25, -0.2) is 14.5 Å². The monoisotopic (exact) mass is 236 g/mol. The number of amides is 3. The zero-order valence-corrected chi connectivity index (χ0v) is 9.63. The highest BCUT2D eigenvalue weighted by Gasteiger charge is 2.26. The van der Waals surface area contributed by atoms with E-state index in [4.69, 9.17) is 5.11 Å². The summed E-state index contributed by atoms with van der Waals surface area (Å²) in [6.07, 6.45) is 1.46. The lowest BCUT2D eigenvalue weighted by Crippen LogP contribution is -2.44. The first-order valence-corrected chi connectivity index (χ1v) is 4.96. The lowest BCUT2D eigenvalue weighted by molar-refractivity contribution is 0.132. The number of nitrogens with zero attached hydrogens (tertiary/aromatic N) is 2. The van der Waals surface area contributed by atoms with Crippen LogP contribution in [0.5, 0.6) is 0 Å². The number of urea groups is 1. The highest BCUT2D eigenvalue weighted by atomic mass is 35.5. The second-order valence-electron chi connectivity index (χ2n) is 3.41. The van der Waals surface area contributed by atoms with Crippen molar-refractivity contribution in [2.24, 2.45) is 0 Å². The Hall–Kier alpha value is -0.970. The van der Waals surface area contributed by atoms with E-state index < -0.39 is 6.09 Å². The number of carbonyl (C=O) groups is 2. The number of hydrogen-bond acceptors (Lipinski definition) is 2. The van der Waals surface area contributed by atoms with Crippen LogP contribution in [-0.2, 0) is 0 Å². The molecule has 0 spiro atoms. The van der Waals surface area contributed by atoms with E-state index in [0.29, 0.717) is 19.5 Å². The molecule has 0 radical (unpaired) electrons. The molecule has 0 atom stereocenters. The minimum Gasteiger partial charge on any atom is -0.465 e. The molecular formula is C9H17ClN2O3. The van der Waals surface area contributed by atoms with Gasteiger partial charge in [0.25, 0.3) is 0 Å². The van der Waals surface area contributed by atoms with Crippen molar-refractivity contribution in [2.75, 3.05) is 19.6 Å². The molecule has 0 aromatic carbocycles. The van der Waals surface area contributed by atoms with Gasteiger partial charge in [0, 0.05) is 19.6 Å². The number of rotatable bonds is 2. The van der Waals surface area contributed by atoms with Gasteiger partial charge < -0.3 is 10.0 Å². The minimum atomic E-state index is -1.15. The SMILES string of the molecule is CCCN(C(=O)O)C(=O)N1CCCC1.Cl. The standard InChI is InChI=1S/C9H16N2O3.ClH/c1-2-5-11(9(13)14)8(12)10-6-3-4-7-10;/h2-7H2,1H3,(H,13,14);1H. The van der Waals surface area contributed by atoms with Gasteiger partial charge in [-0.3, -0.25) is 0 Å². The topological polar surface area (TPSA) is 60.9 Å². The van der Waals surface area contributed by atoms with E-state index in [-0.39, 0.29) is 25.0 Å². The second kappa shape index (κ2) is 6.50. The number of halogens is 1. The summed E-state index contributed by atoms with van der Waals surface area (Å²) >= 11 is 0. The van der Waals surface area contributed by atoms with Crippen LogP contribution in [0.1, 0.15) is 26.2 Å². The maximum absolute atomic E-state index is 11.6. The van der Waals surface area contributed by atoms with Crippen molar-refractivity contribution in [2.45, 2.75) is 26.2 Å². The molecule has 0 aromatic heterocycles. The summed E-state index contributed by atoms with van der Waals surface area (Å²) in [7, 11) is 0. The first-order valence-electron chi connectivity index (χ1n) is 4.96. The highest BCUT2D eigenvalue weighted by molar-refractivity contribution is 5.90. The average molecular weight is 237 g/mol. The summed E-state index contributed by atoms with van der Waals surface area (Å²) in [5.41, 5.74) is 0. The first-order chi connectivity index (χ1) is 6.66. The molecule has 3 amide bonds. The van der Waals surface area contributed by atoms with Crippen molar-refractivity contribution in [3.8, 4) is 0 Å². The smallest absolute Gasteiger partial charge is 0.415 e. The predicted molar refractivity (Wildman–Crippen MR) is 58.5 cm³/mol. The molecule has 0 aliphatic carbocycles. The normalized spacial score (nSPS) is 14.6. The van der Waals surface area contributed by atoms with Gasteiger partial charge in [-0.05, 0) is 19.3 Å². The van der Waals surface area contributed by atoms with Gasteiger partial charge in [0.1, 0.15) is 0 Å². The first kappa shape index (κ1) is 14.0. The molecule has 1 aliphatic rings. The quantitative estimate of drug-likeness (QED) is 0.798. The maximum Gasteiger partial charge on any atom is 0.415 e. The molecule has 0 aromatic rings. The van der Waals surface area contributed by atoms with Gasteiger partial charge in [-0.2, -0.15) is 0 Å². The van der Waals surface area contributed by atoms with Crippen LogP contribution in [0.25, 0.3) is 0 Å². The third kappa shape index (κ3) is 3.58. The fourth-order valence-electron chi connectivity index (χ4n) is 1.58. The van der Waals surface area contributed by atoms with E-state index in [0.717, 1.165) is 17.7 Å². The third-order valence-corrected chi connectivity index (χ3v) is 2.29. The zero-order valence-electron chi connectivity index (χ0n) is 8.81.